The third-order valence-corrected chi connectivity index (χ3v) is 4.70. The van der Waals surface area contributed by atoms with Crippen molar-refractivity contribution in [3.05, 3.63) is 12.2 Å². The molecule has 0 aromatic carbocycles. The Bertz CT molecular complexity index is 287. The van der Waals surface area contributed by atoms with Gasteiger partial charge in [0.15, 0.2) is 12.6 Å². The lowest BCUT2D eigenvalue weighted by Crippen LogP contribution is -2.48. The van der Waals surface area contributed by atoms with E-state index in [0.29, 0.717) is 18.3 Å². The predicted octanol–water partition coefficient (Wildman–Crippen LogP) is 0.462. The van der Waals surface area contributed by atoms with Crippen LogP contribution in [0.3, 0.4) is 0 Å². The maximum atomic E-state index is 9.47. The van der Waals surface area contributed by atoms with Crippen molar-refractivity contribution >= 4 is 0 Å². The van der Waals surface area contributed by atoms with E-state index in [0.717, 1.165) is 12.8 Å². The summed E-state index contributed by atoms with van der Waals surface area (Å²) in [4.78, 5) is 0. The molecule has 4 nitrogen and oxygen atoms in total. The number of allylic oxidation sites excluding steroid dienone is 2. The van der Waals surface area contributed by atoms with Gasteiger partial charge in [-0.3, -0.25) is 0 Å². The Morgan fingerprint density at radius 2 is 1.65 bits per heavy atom. The lowest BCUT2D eigenvalue weighted by Gasteiger charge is -2.48. The molecule has 0 spiro atoms. The fraction of sp³-hybridized carbons (Fsp3) is 0.846. The van der Waals surface area contributed by atoms with Crippen LogP contribution in [-0.2, 0) is 0 Å². The second-order valence-electron chi connectivity index (χ2n) is 5.53. The summed E-state index contributed by atoms with van der Waals surface area (Å²) in [5.41, 5.74) is 0. The first-order valence-electron chi connectivity index (χ1n) is 6.39. The van der Waals surface area contributed by atoms with E-state index in [1.807, 2.05) is 6.92 Å². The van der Waals surface area contributed by atoms with Crippen molar-refractivity contribution in [2.45, 2.75) is 38.8 Å². The normalized spacial score (nSPS) is 41.9. The maximum Gasteiger partial charge on any atom is 0.155 e. The first-order chi connectivity index (χ1) is 8.02. The number of hydrogen-bond acceptors (Lipinski definition) is 4. The molecule has 0 heterocycles. The Morgan fingerprint density at radius 1 is 1.00 bits per heavy atom. The molecule has 1 saturated carbocycles. The van der Waals surface area contributed by atoms with Crippen LogP contribution in [0.25, 0.3) is 0 Å². The molecular formula is C13H22O4. The lowest BCUT2D eigenvalue weighted by molar-refractivity contribution is -0.200. The summed E-state index contributed by atoms with van der Waals surface area (Å²) < 4.78 is 0. The fourth-order valence-electron chi connectivity index (χ4n) is 3.80. The van der Waals surface area contributed by atoms with E-state index in [9.17, 15) is 20.4 Å². The van der Waals surface area contributed by atoms with Crippen LogP contribution >= 0.6 is 0 Å². The average Bonchev–Trinajstić information content (AvgIpc) is 2.28. The van der Waals surface area contributed by atoms with E-state index in [-0.39, 0.29) is 5.92 Å². The summed E-state index contributed by atoms with van der Waals surface area (Å²) in [6.45, 7) is 2.00. The second kappa shape index (κ2) is 5.06. The van der Waals surface area contributed by atoms with Gasteiger partial charge < -0.3 is 20.4 Å². The third kappa shape index (κ3) is 2.40. The van der Waals surface area contributed by atoms with Crippen molar-refractivity contribution in [1.82, 2.24) is 0 Å². The van der Waals surface area contributed by atoms with E-state index in [1.165, 1.54) is 0 Å². The molecule has 5 atom stereocenters. The molecule has 1 fully saturated rings. The van der Waals surface area contributed by atoms with Gasteiger partial charge in [-0.1, -0.05) is 19.1 Å². The first-order valence-corrected chi connectivity index (χ1v) is 6.39. The van der Waals surface area contributed by atoms with Crippen molar-refractivity contribution < 1.29 is 20.4 Å². The number of fused-ring (bicyclic) bond motifs is 1. The molecular weight excluding hydrogens is 220 g/mol. The zero-order chi connectivity index (χ0) is 12.6. The van der Waals surface area contributed by atoms with E-state index >= 15 is 0 Å². The van der Waals surface area contributed by atoms with Crippen LogP contribution < -0.4 is 0 Å². The summed E-state index contributed by atoms with van der Waals surface area (Å²) in [7, 11) is 0. The van der Waals surface area contributed by atoms with Crippen LogP contribution in [0.5, 0.6) is 0 Å². The Kier molecular flexibility index (Phi) is 3.88. The summed E-state index contributed by atoms with van der Waals surface area (Å²) in [6, 6.07) is 0. The van der Waals surface area contributed by atoms with Crippen molar-refractivity contribution in [3.63, 3.8) is 0 Å². The van der Waals surface area contributed by atoms with Gasteiger partial charge in [-0.05, 0) is 37.0 Å². The van der Waals surface area contributed by atoms with Crippen molar-refractivity contribution in [1.29, 1.82) is 0 Å². The minimum Gasteiger partial charge on any atom is -0.368 e. The van der Waals surface area contributed by atoms with Crippen LogP contribution in [0.4, 0.5) is 0 Å². The number of aliphatic hydroxyl groups is 4. The molecule has 2 rings (SSSR count). The Hall–Kier alpha value is -0.420. The van der Waals surface area contributed by atoms with Crippen molar-refractivity contribution in [2.24, 2.45) is 29.6 Å². The summed E-state index contributed by atoms with van der Waals surface area (Å²) in [5, 5.41) is 37.8. The van der Waals surface area contributed by atoms with Gasteiger partial charge in [0.25, 0.3) is 0 Å². The highest BCUT2D eigenvalue weighted by Gasteiger charge is 2.46. The molecule has 0 amide bonds. The van der Waals surface area contributed by atoms with Crippen LogP contribution in [0, 0.1) is 29.6 Å². The van der Waals surface area contributed by atoms with Gasteiger partial charge in [0.2, 0.25) is 0 Å². The average molecular weight is 242 g/mol. The topological polar surface area (TPSA) is 80.9 Å². The Labute approximate surface area is 102 Å². The van der Waals surface area contributed by atoms with Crippen LogP contribution in [0.1, 0.15) is 26.2 Å². The van der Waals surface area contributed by atoms with Gasteiger partial charge in [0.05, 0.1) is 0 Å². The Balaban J connectivity index is 2.21. The van der Waals surface area contributed by atoms with Crippen molar-refractivity contribution in [2.75, 3.05) is 0 Å². The van der Waals surface area contributed by atoms with Crippen molar-refractivity contribution in [3.8, 4) is 0 Å². The first kappa shape index (κ1) is 13.0. The maximum absolute atomic E-state index is 9.47. The molecule has 98 valence electrons. The standard InChI is InChI=1S/C13H22O4/c1-7-9-5-3-2-4-8(9)6-10(12(14)15)11(7)13(16)17/h2-3,7-17H,4-6H2,1H3/t7-,8?,9+,10+,11?/m0/s1. The highest BCUT2D eigenvalue weighted by Crippen LogP contribution is 2.48. The summed E-state index contributed by atoms with van der Waals surface area (Å²) in [5.74, 6) is 0.101. The molecule has 2 aliphatic rings. The monoisotopic (exact) mass is 242 g/mol. The minimum atomic E-state index is -1.47. The number of aliphatic hydroxyl groups excluding tert-OH is 2. The van der Waals surface area contributed by atoms with Crippen LogP contribution in [0.2, 0.25) is 0 Å². The molecule has 4 heteroatoms. The van der Waals surface area contributed by atoms with Gasteiger partial charge in [-0.25, -0.2) is 0 Å². The third-order valence-electron chi connectivity index (χ3n) is 4.70. The van der Waals surface area contributed by atoms with Gasteiger partial charge in [-0.15, -0.1) is 0 Å². The largest absolute Gasteiger partial charge is 0.368 e. The highest BCUT2D eigenvalue weighted by molar-refractivity contribution is 5.01. The highest BCUT2D eigenvalue weighted by atomic mass is 16.5. The fourth-order valence-corrected chi connectivity index (χ4v) is 3.80. The summed E-state index contributed by atoms with van der Waals surface area (Å²) in [6.07, 6.45) is 3.95. The predicted molar refractivity (Wildman–Crippen MR) is 62.6 cm³/mol. The SMILES string of the molecule is C[C@@H]1C(C(O)O)[C@H](C(O)O)CC2CC=CC[C@@H]21. The number of hydrogen-bond donors (Lipinski definition) is 4. The quantitative estimate of drug-likeness (QED) is 0.419. The molecule has 0 saturated heterocycles. The van der Waals surface area contributed by atoms with Gasteiger partial charge in [-0.2, -0.15) is 0 Å². The minimum absolute atomic E-state index is 0.102. The molecule has 0 bridgehead atoms. The van der Waals surface area contributed by atoms with E-state index in [1.54, 1.807) is 0 Å². The molecule has 4 N–H and O–H groups in total. The van der Waals surface area contributed by atoms with E-state index < -0.39 is 24.4 Å². The van der Waals surface area contributed by atoms with Crippen LogP contribution in [-0.4, -0.2) is 33.0 Å². The molecule has 0 aromatic rings. The van der Waals surface area contributed by atoms with Gasteiger partial charge in [0, 0.05) is 11.8 Å². The number of rotatable bonds is 2. The molecule has 17 heavy (non-hydrogen) atoms. The zero-order valence-electron chi connectivity index (χ0n) is 10.1. The second-order valence-corrected chi connectivity index (χ2v) is 5.53. The summed E-state index contributed by atoms with van der Waals surface area (Å²) >= 11 is 0. The van der Waals surface area contributed by atoms with E-state index in [2.05, 4.69) is 12.2 Å². The van der Waals surface area contributed by atoms with Crippen LogP contribution in [0.15, 0.2) is 12.2 Å². The lowest BCUT2D eigenvalue weighted by atomic mass is 9.59. The molecule has 0 radical (unpaired) electrons. The van der Waals surface area contributed by atoms with Gasteiger partial charge in [0.1, 0.15) is 0 Å². The molecule has 0 aromatic heterocycles. The smallest absolute Gasteiger partial charge is 0.155 e. The zero-order valence-corrected chi connectivity index (χ0v) is 10.1. The van der Waals surface area contributed by atoms with E-state index in [4.69, 9.17) is 0 Å². The van der Waals surface area contributed by atoms with Gasteiger partial charge >= 0.3 is 0 Å². The molecule has 2 unspecified atom stereocenters. The molecule has 0 aliphatic heterocycles. The molecule has 2 aliphatic carbocycles. The Morgan fingerprint density at radius 3 is 2.24 bits per heavy atom.